The second-order valence-electron chi connectivity index (χ2n) is 6.31. The van der Waals surface area contributed by atoms with E-state index in [-0.39, 0.29) is 10.8 Å². The predicted octanol–water partition coefficient (Wildman–Crippen LogP) is 2.33. The largest absolute Gasteiger partial charge is 0.288 e. The lowest BCUT2D eigenvalue weighted by atomic mass is 9.99. The van der Waals surface area contributed by atoms with Crippen LogP contribution in [-0.2, 0) is 21.4 Å². The summed E-state index contributed by atoms with van der Waals surface area (Å²) >= 11 is 0. The molecule has 2 aromatic rings. The summed E-state index contributed by atoms with van der Waals surface area (Å²) in [6.07, 6.45) is 0. The Hall–Kier alpha value is -2.84. The molecule has 3 rings (SSSR count). The van der Waals surface area contributed by atoms with E-state index in [0.717, 1.165) is 11.3 Å². The van der Waals surface area contributed by atoms with Crippen LogP contribution < -0.4 is 10.1 Å². The number of anilines is 1. The highest BCUT2D eigenvalue weighted by Gasteiger charge is 2.36. The highest BCUT2D eigenvalue weighted by molar-refractivity contribution is 7.89. The molecular formula is C19H20N4O3S. The van der Waals surface area contributed by atoms with Gasteiger partial charge in [0.1, 0.15) is 5.92 Å². The van der Waals surface area contributed by atoms with Gasteiger partial charge in [0.25, 0.3) is 5.91 Å². The van der Waals surface area contributed by atoms with Gasteiger partial charge in [-0.05, 0) is 43.7 Å². The second kappa shape index (κ2) is 7.42. The second-order valence-corrected chi connectivity index (χ2v) is 7.87. The average molecular weight is 384 g/mol. The van der Waals surface area contributed by atoms with Crippen LogP contribution >= 0.6 is 0 Å². The smallest absolute Gasteiger partial charge is 0.261 e. The summed E-state index contributed by atoms with van der Waals surface area (Å²) in [5.74, 6) is -0.626. The number of carbonyl (C=O) groups is 1. The van der Waals surface area contributed by atoms with Crippen molar-refractivity contribution in [3.05, 3.63) is 60.2 Å². The van der Waals surface area contributed by atoms with E-state index in [1.54, 1.807) is 19.1 Å². The van der Waals surface area contributed by atoms with Crippen molar-refractivity contribution >= 4 is 33.0 Å². The van der Waals surface area contributed by atoms with Crippen molar-refractivity contribution in [1.29, 1.82) is 0 Å². The number of primary sulfonamides is 1. The topological polar surface area (TPSA) is 105 Å². The number of sulfonamides is 1. The molecule has 0 aromatic heterocycles. The van der Waals surface area contributed by atoms with Crippen molar-refractivity contribution in [2.75, 3.05) is 5.01 Å². The van der Waals surface area contributed by atoms with E-state index >= 15 is 0 Å². The minimum Gasteiger partial charge on any atom is -0.288 e. The molecule has 8 heteroatoms. The molecule has 0 spiro atoms. The van der Waals surface area contributed by atoms with Crippen molar-refractivity contribution in [3.63, 3.8) is 0 Å². The van der Waals surface area contributed by atoms with Gasteiger partial charge in [-0.2, -0.15) is 10.1 Å². The molecule has 2 N–H and O–H groups in total. The van der Waals surface area contributed by atoms with Crippen molar-refractivity contribution in [2.24, 2.45) is 21.2 Å². The van der Waals surface area contributed by atoms with E-state index < -0.39 is 15.9 Å². The van der Waals surface area contributed by atoms with Crippen LogP contribution in [0.25, 0.3) is 0 Å². The maximum absolute atomic E-state index is 12.8. The van der Waals surface area contributed by atoms with Crippen molar-refractivity contribution in [1.82, 2.24) is 0 Å². The van der Waals surface area contributed by atoms with Gasteiger partial charge in [-0.15, -0.1) is 0 Å². The van der Waals surface area contributed by atoms with Gasteiger partial charge in [0.2, 0.25) is 10.0 Å². The minimum atomic E-state index is -3.71. The van der Waals surface area contributed by atoms with Crippen LogP contribution in [0.4, 0.5) is 5.69 Å². The van der Waals surface area contributed by atoms with Crippen LogP contribution in [0.5, 0.6) is 0 Å². The zero-order valence-corrected chi connectivity index (χ0v) is 15.8. The fourth-order valence-electron chi connectivity index (χ4n) is 2.89. The first-order valence-corrected chi connectivity index (χ1v) is 9.89. The molecule has 27 heavy (non-hydrogen) atoms. The number of amides is 1. The lowest BCUT2D eigenvalue weighted by Gasteiger charge is -2.14. The van der Waals surface area contributed by atoms with E-state index in [9.17, 15) is 13.2 Å². The van der Waals surface area contributed by atoms with Crippen molar-refractivity contribution < 1.29 is 13.2 Å². The molecule has 7 nitrogen and oxygen atoms in total. The SMILES string of the molecule is CC(=NCc1ccc(S(N)(=O)=O)cc1)[C@H]1C(=O)N(c2ccccc2)N=C1C. The number of para-hydroxylation sites is 1. The Bertz CT molecular complexity index is 1010. The summed E-state index contributed by atoms with van der Waals surface area (Å²) in [6.45, 7) is 3.94. The third-order valence-corrected chi connectivity index (χ3v) is 5.24. The molecule has 0 saturated carbocycles. The lowest BCUT2D eigenvalue weighted by molar-refractivity contribution is -0.118. The Morgan fingerprint density at radius 1 is 1.15 bits per heavy atom. The minimum absolute atomic E-state index is 0.0550. The maximum atomic E-state index is 12.8. The summed E-state index contributed by atoms with van der Waals surface area (Å²) < 4.78 is 22.6. The Kier molecular flexibility index (Phi) is 5.20. The number of nitrogens with zero attached hydrogens (tertiary/aromatic N) is 3. The van der Waals surface area contributed by atoms with Gasteiger partial charge in [-0.1, -0.05) is 30.3 Å². The molecule has 0 aliphatic carbocycles. The zero-order chi connectivity index (χ0) is 19.6. The van der Waals surface area contributed by atoms with Crippen LogP contribution in [-0.4, -0.2) is 25.7 Å². The molecule has 0 unspecified atom stereocenters. The number of nitrogens with two attached hydrogens (primary N) is 1. The average Bonchev–Trinajstić information content (AvgIpc) is 2.94. The van der Waals surface area contributed by atoms with Crippen LogP contribution in [0, 0.1) is 5.92 Å². The van der Waals surface area contributed by atoms with Crippen molar-refractivity contribution in [3.8, 4) is 0 Å². The number of carbonyl (C=O) groups excluding carboxylic acids is 1. The lowest BCUT2D eigenvalue weighted by Crippen LogP contribution is -2.31. The molecule has 1 aliphatic heterocycles. The summed E-state index contributed by atoms with van der Waals surface area (Å²) in [7, 11) is -3.71. The van der Waals surface area contributed by atoms with Gasteiger partial charge in [0.05, 0.1) is 22.8 Å². The van der Waals surface area contributed by atoms with Gasteiger partial charge in [0, 0.05) is 5.71 Å². The van der Waals surface area contributed by atoms with Crippen molar-refractivity contribution in [2.45, 2.75) is 25.3 Å². The summed E-state index contributed by atoms with van der Waals surface area (Å²) in [5.41, 5.74) is 2.89. The van der Waals surface area contributed by atoms with Crippen LogP contribution in [0.15, 0.2) is 69.6 Å². The normalized spacial score (nSPS) is 18.0. The zero-order valence-electron chi connectivity index (χ0n) is 15.0. The fourth-order valence-corrected chi connectivity index (χ4v) is 3.41. The van der Waals surface area contributed by atoms with Crippen LogP contribution in [0.3, 0.4) is 0 Å². The standard InChI is InChI=1S/C19H20N4O3S/c1-13(21-12-15-8-10-17(11-9-15)27(20,25)26)18-14(2)22-23(19(18)24)16-6-4-3-5-7-16/h3-11,18H,12H2,1-2H3,(H2,20,25,26)/t18-/m1/s1. The molecule has 140 valence electrons. The molecule has 0 fully saturated rings. The molecule has 0 bridgehead atoms. The predicted molar refractivity (Wildman–Crippen MR) is 105 cm³/mol. The molecule has 1 heterocycles. The maximum Gasteiger partial charge on any atom is 0.261 e. The van der Waals surface area contributed by atoms with Gasteiger partial charge >= 0.3 is 0 Å². The third-order valence-electron chi connectivity index (χ3n) is 4.31. The first kappa shape index (κ1) is 18.9. The van der Waals surface area contributed by atoms with E-state index in [2.05, 4.69) is 10.1 Å². The Balaban J connectivity index is 1.75. The number of rotatable bonds is 5. The van der Waals surface area contributed by atoms with E-state index in [1.165, 1.54) is 17.1 Å². The molecular weight excluding hydrogens is 364 g/mol. The van der Waals surface area contributed by atoms with E-state index in [1.807, 2.05) is 37.3 Å². The Labute approximate surface area is 158 Å². The van der Waals surface area contributed by atoms with E-state index in [0.29, 0.717) is 18.0 Å². The highest BCUT2D eigenvalue weighted by Crippen LogP contribution is 2.24. The number of hydrogen-bond donors (Lipinski definition) is 1. The van der Waals surface area contributed by atoms with Gasteiger partial charge in [-0.3, -0.25) is 9.79 Å². The molecule has 1 aliphatic rings. The quantitative estimate of drug-likeness (QED) is 0.800. The van der Waals surface area contributed by atoms with Gasteiger partial charge in [-0.25, -0.2) is 13.6 Å². The molecule has 0 saturated heterocycles. The molecule has 0 radical (unpaired) electrons. The Morgan fingerprint density at radius 2 is 1.78 bits per heavy atom. The third kappa shape index (κ3) is 4.12. The van der Waals surface area contributed by atoms with Crippen LogP contribution in [0.1, 0.15) is 19.4 Å². The Morgan fingerprint density at radius 3 is 2.37 bits per heavy atom. The number of benzene rings is 2. The summed E-state index contributed by atoms with van der Waals surface area (Å²) in [4.78, 5) is 17.3. The highest BCUT2D eigenvalue weighted by atomic mass is 32.2. The number of hydrazone groups is 1. The fraction of sp³-hybridized carbons (Fsp3) is 0.211. The first-order chi connectivity index (χ1) is 12.8. The first-order valence-electron chi connectivity index (χ1n) is 8.34. The summed E-state index contributed by atoms with van der Waals surface area (Å²) in [5, 5.41) is 10.9. The monoisotopic (exact) mass is 384 g/mol. The van der Waals surface area contributed by atoms with Gasteiger partial charge in [0.15, 0.2) is 0 Å². The molecule has 1 amide bonds. The molecule has 1 atom stereocenters. The molecule has 2 aromatic carbocycles. The van der Waals surface area contributed by atoms with Crippen LogP contribution in [0.2, 0.25) is 0 Å². The number of aliphatic imine (C=N–C) groups is 1. The van der Waals surface area contributed by atoms with Gasteiger partial charge < -0.3 is 0 Å². The summed E-state index contributed by atoms with van der Waals surface area (Å²) in [6, 6.07) is 15.5. The van der Waals surface area contributed by atoms with E-state index in [4.69, 9.17) is 5.14 Å². The number of hydrogen-bond acceptors (Lipinski definition) is 5.